The largest absolute Gasteiger partial charge is 0.497 e. The van der Waals surface area contributed by atoms with Gasteiger partial charge in [-0.3, -0.25) is 4.90 Å². The monoisotopic (exact) mass is 337 g/mol. The van der Waals surface area contributed by atoms with Crippen LogP contribution in [-0.4, -0.2) is 61.7 Å². The van der Waals surface area contributed by atoms with Gasteiger partial charge in [-0.05, 0) is 38.8 Å². The third kappa shape index (κ3) is 5.96. The Hall–Kier alpha value is -1.30. The van der Waals surface area contributed by atoms with Crippen LogP contribution in [0.15, 0.2) is 24.3 Å². The van der Waals surface area contributed by atoms with Gasteiger partial charge in [0.2, 0.25) is 0 Å². The number of methoxy groups -OCH3 is 1. The summed E-state index contributed by atoms with van der Waals surface area (Å²) in [5.41, 5.74) is 0. The quantitative estimate of drug-likeness (QED) is 0.702. The molecule has 0 bridgehead atoms. The molecular weight excluding hydrogens is 306 g/mol. The van der Waals surface area contributed by atoms with Gasteiger partial charge in [-0.2, -0.15) is 0 Å². The summed E-state index contributed by atoms with van der Waals surface area (Å²) < 4.78 is 16.3. The molecule has 1 aromatic carbocycles. The number of aliphatic hydroxyl groups excluding tert-OH is 1. The van der Waals surface area contributed by atoms with Crippen LogP contribution in [0.25, 0.3) is 0 Å². The van der Waals surface area contributed by atoms with Gasteiger partial charge in [0.1, 0.15) is 18.1 Å². The van der Waals surface area contributed by atoms with E-state index in [-0.39, 0.29) is 0 Å². The minimum atomic E-state index is -0.454. The highest BCUT2D eigenvalue weighted by molar-refractivity contribution is 5.32. The van der Waals surface area contributed by atoms with Crippen molar-refractivity contribution in [2.45, 2.75) is 51.3 Å². The lowest BCUT2D eigenvalue weighted by Crippen LogP contribution is -2.48. The molecule has 136 valence electrons. The normalized spacial score (nSPS) is 23.0. The van der Waals surface area contributed by atoms with Crippen LogP contribution in [0.3, 0.4) is 0 Å². The zero-order chi connectivity index (χ0) is 17.4. The Kier molecular flexibility index (Phi) is 7.82. The van der Waals surface area contributed by atoms with E-state index in [0.29, 0.717) is 38.4 Å². The Balaban J connectivity index is 1.61. The molecule has 0 spiro atoms. The van der Waals surface area contributed by atoms with Gasteiger partial charge in [-0.15, -0.1) is 0 Å². The Labute approximate surface area is 145 Å². The van der Waals surface area contributed by atoms with Gasteiger partial charge in [0.25, 0.3) is 0 Å². The number of benzene rings is 1. The molecule has 5 nitrogen and oxygen atoms in total. The summed E-state index contributed by atoms with van der Waals surface area (Å²) in [5.74, 6) is 1.53. The summed E-state index contributed by atoms with van der Waals surface area (Å²) in [5, 5.41) is 10.2. The molecule has 0 aliphatic carbocycles. The summed E-state index contributed by atoms with van der Waals surface area (Å²) in [6.07, 6.45) is 3.26. The highest BCUT2D eigenvalue weighted by atomic mass is 16.5. The lowest BCUT2D eigenvalue weighted by atomic mass is 9.97. The summed E-state index contributed by atoms with van der Waals surface area (Å²) in [7, 11) is 1.63. The number of β-amino-alcohol motifs (C(OH)–C–C–N with tert-alkyl or cyclic N) is 1. The van der Waals surface area contributed by atoms with Crippen LogP contribution in [0.5, 0.6) is 11.5 Å². The minimum absolute atomic E-state index is 0.345. The summed E-state index contributed by atoms with van der Waals surface area (Å²) in [4.78, 5) is 2.39. The first-order chi connectivity index (χ1) is 11.6. The first-order valence-corrected chi connectivity index (χ1v) is 8.88. The fraction of sp³-hybridized carbons (Fsp3) is 0.684. The van der Waals surface area contributed by atoms with E-state index in [1.165, 1.54) is 19.3 Å². The van der Waals surface area contributed by atoms with E-state index in [2.05, 4.69) is 18.7 Å². The maximum atomic E-state index is 10.2. The number of piperidine rings is 1. The number of hydrogen-bond donors (Lipinski definition) is 1. The molecule has 0 unspecified atom stereocenters. The minimum Gasteiger partial charge on any atom is -0.497 e. The molecule has 1 heterocycles. The van der Waals surface area contributed by atoms with Crippen LogP contribution in [0.1, 0.15) is 33.1 Å². The van der Waals surface area contributed by atoms with Gasteiger partial charge in [-0.1, -0.05) is 12.5 Å². The van der Waals surface area contributed by atoms with Crippen molar-refractivity contribution >= 4 is 0 Å². The molecule has 24 heavy (non-hydrogen) atoms. The number of nitrogens with zero attached hydrogens (tertiary/aromatic N) is 1. The molecule has 1 aliphatic heterocycles. The second kappa shape index (κ2) is 9.87. The molecule has 2 rings (SSSR count). The van der Waals surface area contributed by atoms with E-state index in [9.17, 15) is 5.11 Å². The first kappa shape index (κ1) is 19.0. The van der Waals surface area contributed by atoms with Gasteiger partial charge in [-0.25, -0.2) is 0 Å². The highest BCUT2D eigenvalue weighted by Gasteiger charge is 2.26. The van der Waals surface area contributed by atoms with Crippen molar-refractivity contribution in [1.29, 1.82) is 0 Å². The fourth-order valence-electron chi connectivity index (χ4n) is 3.26. The van der Waals surface area contributed by atoms with Gasteiger partial charge >= 0.3 is 0 Å². The summed E-state index contributed by atoms with van der Waals surface area (Å²) >= 11 is 0. The van der Waals surface area contributed by atoms with Gasteiger partial charge in [0.15, 0.2) is 0 Å². The zero-order valence-electron chi connectivity index (χ0n) is 15.1. The highest BCUT2D eigenvalue weighted by Crippen LogP contribution is 2.22. The fourth-order valence-corrected chi connectivity index (χ4v) is 3.26. The number of likely N-dealkylation sites (tertiary alicyclic amines) is 1. The lowest BCUT2D eigenvalue weighted by molar-refractivity contribution is -0.0141. The predicted molar refractivity (Wildman–Crippen MR) is 94.8 cm³/mol. The van der Waals surface area contributed by atoms with Crippen molar-refractivity contribution in [3.63, 3.8) is 0 Å². The molecule has 0 saturated carbocycles. The van der Waals surface area contributed by atoms with Crippen molar-refractivity contribution in [2.75, 3.05) is 33.5 Å². The smallest absolute Gasteiger partial charge is 0.123 e. The Bertz CT molecular complexity index is 472. The molecule has 0 radical (unpaired) electrons. The Morgan fingerprint density at radius 3 is 2.58 bits per heavy atom. The molecule has 1 aromatic rings. The van der Waals surface area contributed by atoms with E-state index in [1.54, 1.807) is 7.11 Å². The average molecular weight is 337 g/mol. The Morgan fingerprint density at radius 1 is 1.17 bits per heavy atom. The van der Waals surface area contributed by atoms with Crippen LogP contribution in [0, 0.1) is 0 Å². The van der Waals surface area contributed by atoms with Crippen molar-refractivity contribution in [3.8, 4) is 11.5 Å². The van der Waals surface area contributed by atoms with Gasteiger partial charge in [0, 0.05) is 24.7 Å². The molecule has 1 N–H and O–H groups in total. The number of hydrogen-bond acceptors (Lipinski definition) is 5. The average Bonchev–Trinajstić information content (AvgIpc) is 2.58. The predicted octanol–water partition coefficient (Wildman–Crippen LogP) is 2.71. The van der Waals surface area contributed by atoms with E-state index in [4.69, 9.17) is 14.2 Å². The van der Waals surface area contributed by atoms with Crippen molar-refractivity contribution < 1.29 is 19.3 Å². The van der Waals surface area contributed by atoms with Crippen LogP contribution in [0.4, 0.5) is 0 Å². The first-order valence-electron chi connectivity index (χ1n) is 8.88. The van der Waals surface area contributed by atoms with Crippen molar-refractivity contribution in [2.24, 2.45) is 0 Å². The molecule has 3 atom stereocenters. The van der Waals surface area contributed by atoms with Gasteiger partial charge < -0.3 is 19.3 Å². The molecule has 1 saturated heterocycles. The van der Waals surface area contributed by atoms with Crippen molar-refractivity contribution in [1.82, 2.24) is 4.90 Å². The zero-order valence-corrected chi connectivity index (χ0v) is 15.1. The van der Waals surface area contributed by atoms with E-state index < -0.39 is 6.10 Å². The molecule has 1 aliphatic rings. The molecule has 0 amide bonds. The van der Waals surface area contributed by atoms with E-state index in [0.717, 1.165) is 11.5 Å². The van der Waals surface area contributed by atoms with Gasteiger partial charge in [0.05, 0.1) is 26.4 Å². The van der Waals surface area contributed by atoms with E-state index in [1.807, 2.05) is 24.3 Å². The maximum Gasteiger partial charge on any atom is 0.123 e. The van der Waals surface area contributed by atoms with Crippen LogP contribution >= 0.6 is 0 Å². The molecular formula is C19H31NO4. The molecule has 0 aromatic heterocycles. The molecule has 1 fully saturated rings. The standard InChI is InChI=1S/C19H31NO4/c1-15-6-4-7-16(2)20(15)13-17(21)14-23-10-11-24-19-9-5-8-18(12-19)22-3/h5,8-9,12,15-17,21H,4,6-7,10-11,13-14H2,1-3H3/t15-,16-,17+/m1/s1. The van der Waals surface area contributed by atoms with E-state index >= 15 is 0 Å². The summed E-state index contributed by atoms with van der Waals surface area (Å²) in [6.45, 7) is 6.42. The number of aliphatic hydroxyl groups is 1. The maximum absolute atomic E-state index is 10.2. The Morgan fingerprint density at radius 2 is 1.88 bits per heavy atom. The third-order valence-corrected chi connectivity index (χ3v) is 4.65. The topological polar surface area (TPSA) is 51.2 Å². The molecule has 5 heteroatoms. The van der Waals surface area contributed by atoms with Crippen molar-refractivity contribution in [3.05, 3.63) is 24.3 Å². The summed E-state index contributed by atoms with van der Waals surface area (Å²) in [6, 6.07) is 8.58. The van der Waals surface area contributed by atoms with Crippen LogP contribution in [-0.2, 0) is 4.74 Å². The number of rotatable bonds is 9. The number of ether oxygens (including phenoxy) is 3. The second-order valence-corrected chi connectivity index (χ2v) is 6.58. The second-order valence-electron chi connectivity index (χ2n) is 6.58. The van der Waals surface area contributed by atoms with Crippen LogP contribution < -0.4 is 9.47 Å². The lowest BCUT2D eigenvalue weighted by Gasteiger charge is -2.40. The SMILES string of the molecule is COc1cccc(OCCOC[C@@H](O)CN2[C@H](C)CCC[C@H]2C)c1. The van der Waals surface area contributed by atoms with Crippen LogP contribution in [0.2, 0.25) is 0 Å². The third-order valence-electron chi connectivity index (χ3n) is 4.65.